The summed E-state index contributed by atoms with van der Waals surface area (Å²) in [4.78, 5) is 5.63. The molecule has 432 valence electrons. The maximum atomic E-state index is 13.0. The Kier molecular flexibility index (Phi) is 19.7. The van der Waals surface area contributed by atoms with E-state index in [4.69, 9.17) is 36.1 Å². The Morgan fingerprint density at radius 2 is 0.915 bits per heavy atom. The molecule has 0 heterocycles. The van der Waals surface area contributed by atoms with E-state index in [0.717, 1.165) is 36.4 Å². The number of nitro groups is 1. The third kappa shape index (κ3) is 15.9. The molecule has 7 aromatic carbocycles. The van der Waals surface area contributed by atoms with Gasteiger partial charge in [-0.05, 0) is 84.9 Å². The van der Waals surface area contributed by atoms with E-state index in [2.05, 4.69) is 40.9 Å². The van der Waals surface area contributed by atoms with Gasteiger partial charge in [-0.1, -0.05) is 6.07 Å². The zero-order valence-corrected chi connectivity index (χ0v) is 45.4. The maximum Gasteiger partial charge on any atom is 0.425 e. The number of hydrogen-bond donors (Lipinski definition) is 8. The minimum atomic E-state index is -5.55. The highest BCUT2D eigenvalue weighted by Gasteiger charge is 2.29. The van der Waals surface area contributed by atoms with Gasteiger partial charge in [-0.25, -0.2) is 8.42 Å². The van der Waals surface area contributed by atoms with Crippen LogP contribution in [0.1, 0.15) is 0 Å². The number of anilines is 1. The fraction of sp³-hybridized carbons (Fsp3) is 0.0500. The van der Waals surface area contributed by atoms with Gasteiger partial charge in [-0.2, -0.15) is 49.0 Å². The van der Waals surface area contributed by atoms with E-state index < -0.39 is 181 Å². The molecule has 7 rings (SSSR count). The van der Waals surface area contributed by atoms with Crippen molar-refractivity contribution in [2.45, 2.75) is 24.5 Å². The van der Waals surface area contributed by atoms with E-state index in [9.17, 15) is 80.6 Å². The summed E-state index contributed by atoms with van der Waals surface area (Å²) in [5, 5.41) is 70.8. The standard InChI is InChI=1S/C40H30N10O19S5.2O3S/c41-36-31(19-32(71(58,59)60)26-11-13-29(39(53)35(26)36)46-45-28-12-7-23(50(54)55)17-33(28)72(61,62)63)48-47-30-14-10-25-27(40(30)74(67,68)69)18-34(73(64,65)66)37(38(25)52)49-44-21-3-1-20(2-4-21)42-43-22-5-8-24(9-6-22)70(56,57)16-15-51;2*1-4(2)3/h1-14,17-19,51-53H,15-16,41H2,(H,58,59,60)(H,61,62,63)(H,64,65,66)(H,67,68,69);;. The molecule has 0 bridgehead atoms. The third-order valence-corrected chi connectivity index (χ3v) is 15.4. The van der Waals surface area contributed by atoms with Crippen LogP contribution in [0.25, 0.3) is 21.5 Å². The van der Waals surface area contributed by atoms with Crippen molar-refractivity contribution in [2.24, 2.45) is 40.9 Å². The van der Waals surface area contributed by atoms with Crippen LogP contribution < -0.4 is 5.73 Å². The number of non-ortho nitro benzene ring substituents is 1. The molecule has 0 amide bonds. The molecule has 7 aromatic rings. The fourth-order valence-electron chi connectivity index (χ4n) is 6.76. The van der Waals surface area contributed by atoms with Crippen LogP contribution in [0.15, 0.2) is 169 Å². The van der Waals surface area contributed by atoms with Gasteiger partial charge in [0, 0.05) is 28.3 Å². The molecule has 0 aliphatic carbocycles. The van der Waals surface area contributed by atoms with Crippen LogP contribution in [0.4, 0.5) is 56.9 Å². The molecule has 0 aliphatic rings. The SMILES string of the molecule is Nc1c(N=Nc2ccc3c(O)c(N=Nc4ccc(N=Nc5ccc(S(=O)(=O)CCO)cc5)cc4)c(S(=O)(=O)O)cc3c2S(=O)(=O)O)cc(S(=O)(=O)O)c2ccc(N=Nc3ccc([N+](=O)[O-])cc3S(=O)(=O)O)c(O)c12.O=S(=O)=O.O=S(=O)=O. The van der Waals surface area contributed by atoms with Gasteiger partial charge in [0.25, 0.3) is 46.2 Å². The molecule has 0 aromatic heterocycles. The predicted molar refractivity (Wildman–Crippen MR) is 276 cm³/mol. The van der Waals surface area contributed by atoms with E-state index >= 15 is 0 Å². The summed E-state index contributed by atoms with van der Waals surface area (Å²) < 4.78 is 216. The fourth-order valence-corrected chi connectivity index (χ4v) is 10.6. The van der Waals surface area contributed by atoms with Gasteiger partial charge in [-0.3, -0.25) is 28.3 Å². The van der Waals surface area contributed by atoms with Crippen molar-refractivity contribution in [1.29, 1.82) is 0 Å². The first kappa shape index (κ1) is 63.9. The smallest absolute Gasteiger partial charge is 0.425 e. The number of aliphatic hydroxyl groups excluding tert-OH is 1. The summed E-state index contributed by atoms with van der Waals surface area (Å²) in [5.41, 5.74) is 1.60. The van der Waals surface area contributed by atoms with Crippen molar-refractivity contribution in [3.8, 4) is 11.5 Å². The van der Waals surface area contributed by atoms with Crippen molar-refractivity contribution in [3.05, 3.63) is 113 Å². The Labute approximate surface area is 461 Å². The van der Waals surface area contributed by atoms with Gasteiger partial charge >= 0.3 is 21.2 Å². The molecule has 0 atom stereocenters. The number of benzene rings is 7. The molecular weight excluding hydrogens is 1240 g/mol. The Hall–Kier alpha value is -8.95. The van der Waals surface area contributed by atoms with Crippen LogP contribution in [0.3, 0.4) is 0 Å². The summed E-state index contributed by atoms with van der Waals surface area (Å²) in [7, 11) is -31.3. The summed E-state index contributed by atoms with van der Waals surface area (Å²) in [6.45, 7) is -0.562. The summed E-state index contributed by atoms with van der Waals surface area (Å²) in [6.07, 6.45) is 0. The first-order valence-corrected chi connectivity index (χ1v) is 30.2. The van der Waals surface area contributed by atoms with Crippen molar-refractivity contribution in [3.63, 3.8) is 0 Å². The van der Waals surface area contributed by atoms with Crippen molar-refractivity contribution in [1.82, 2.24) is 0 Å². The van der Waals surface area contributed by atoms with Gasteiger partial charge in [0.05, 0.1) is 50.3 Å². The highest BCUT2D eigenvalue weighted by molar-refractivity contribution is 7.91. The van der Waals surface area contributed by atoms with Gasteiger partial charge in [0.2, 0.25) is 0 Å². The zero-order valence-electron chi connectivity index (χ0n) is 39.7. The lowest BCUT2D eigenvalue weighted by atomic mass is 10.1. The molecule has 9 N–H and O–H groups in total. The monoisotopic (exact) mass is 1270 g/mol. The van der Waals surface area contributed by atoms with E-state index in [1.54, 1.807) is 0 Å². The Balaban J connectivity index is 0.00000144. The molecule has 0 saturated carbocycles. The number of nitrogen functional groups attached to an aromatic ring is 1. The molecule has 82 heavy (non-hydrogen) atoms. The average Bonchev–Trinajstić information content (AvgIpc) is 3.03. The van der Waals surface area contributed by atoms with Crippen LogP contribution in [0, 0.1) is 10.1 Å². The van der Waals surface area contributed by atoms with Crippen LogP contribution in [0.2, 0.25) is 0 Å². The molecule has 42 heteroatoms. The molecule has 0 unspecified atom stereocenters. The normalized spacial score (nSPS) is 12.4. The number of aromatic hydroxyl groups is 2. The van der Waals surface area contributed by atoms with Crippen molar-refractivity contribution >= 4 is 150 Å². The molecule has 0 aliphatic heterocycles. The average molecular weight is 1280 g/mol. The highest BCUT2D eigenvalue weighted by atomic mass is 32.2. The highest BCUT2D eigenvalue weighted by Crippen LogP contribution is 2.48. The summed E-state index contributed by atoms with van der Waals surface area (Å²) in [5.74, 6) is -2.58. The predicted octanol–water partition coefficient (Wildman–Crippen LogP) is 6.30. The number of nitrogens with zero attached hydrogens (tertiary/aromatic N) is 9. The Morgan fingerprint density at radius 3 is 1.40 bits per heavy atom. The van der Waals surface area contributed by atoms with Crippen LogP contribution >= 0.6 is 0 Å². The largest absolute Gasteiger partial charge is 0.505 e. The van der Waals surface area contributed by atoms with Crippen LogP contribution in [-0.2, 0) is 71.5 Å². The number of nitrogens with two attached hydrogens (primary N) is 1. The molecule has 0 fully saturated rings. The number of sulfone groups is 1. The molecule has 0 spiro atoms. The maximum absolute atomic E-state index is 13.0. The van der Waals surface area contributed by atoms with E-state index in [1.165, 1.54) is 48.5 Å². The number of phenolic OH excluding ortho intramolecular Hbond substituents is 2. The first-order chi connectivity index (χ1) is 38.0. The molecular formula is C40H30N10O25S7. The van der Waals surface area contributed by atoms with Crippen LogP contribution in [-0.4, -0.2) is 118 Å². The van der Waals surface area contributed by atoms with Crippen molar-refractivity contribution in [2.75, 3.05) is 18.1 Å². The summed E-state index contributed by atoms with van der Waals surface area (Å²) >= 11 is 0. The van der Waals surface area contributed by atoms with E-state index in [-0.39, 0.29) is 22.0 Å². The quantitative estimate of drug-likeness (QED) is 0.0173. The second-order valence-corrected chi connectivity index (χ2v) is 23.8. The first-order valence-electron chi connectivity index (χ1n) is 20.8. The Morgan fingerprint density at radius 1 is 0.476 bits per heavy atom. The minimum Gasteiger partial charge on any atom is -0.505 e. The number of hydrogen-bond acceptors (Lipinski definition) is 30. The molecule has 0 radical (unpaired) electrons. The van der Waals surface area contributed by atoms with E-state index in [1.807, 2.05) is 0 Å². The Bertz CT molecular complexity index is 4690. The third-order valence-electron chi connectivity index (χ3n) is 10.1. The lowest BCUT2D eigenvalue weighted by Crippen LogP contribution is -2.09. The lowest BCUT2D eigenvalue weighted by Gasteiger charge is -2.13. The number of nitro benzene ring substituents is 1. The van der Waals surface area contributed by atoms with Crippen molar-refractivity contribution < 1.29 is 106 Å². The number of fused-ring (bicyclic) bond motifs is 2. The second kappa shape index (κ2) is 25.2. The second-order valence-electron chi connectivity index (χ2n) is 15.3. The van der Waals surface area contributed by atoms with Gasteiger partial charge in [-0.15, -0.1) is 50.8 Å². The number of rotatable bonds is 16. The van der Waals surface area contributed by atoms with Gasteiger partial charge in [0.1, 0.15) is 48.0 Å². The summed E-state index contributed by atoms with van der Waals surface area (Å²) in [6, 6.07) is 17.6. The van der Waals surface area contributed by atoms with Crippen LogP contribution in [0.5, 0.6) is 11.5 Å². The molecule has 0 saturated heterocycles. The topological polar surface area (TPSA) is 583 Å². The van der Waals surface area contributed by atoms with Gasteiger partial charge < -0.3 is 21.1 Å². The number of azo groups is 4. The van der Waals surface area contributed by atoms with E-state index in [0.29, 0.717) is 18.2 Å². The van der Waals surface area contributed by atoms with Gasteiger partial charge in [0.15, 0.2) is 21.3 Å². The number of aliphatic hydroxyl groups is 1. The number of phenols is 2. The zero-order chi connectivity index (χ0) is 61.4. The minimum absolute atomic E-state index is 0.00753. The molecule has 35 nitrogen and oxygen atoms in total. The lowest BCUT2D eigenvalue weighted by molar-refractivity contribution is -0.385.